The van der Waals surface area contributed by atoms with E-state index in [1.165, 1.54) is 13.2 Å². The zero-order chi connectivity index (χ0) is 20.8. The molecule has 0 aliphatic heterocycles. The van der Waals surface area contributed by atoms with E-state index < -0.39 is 5.97 Å². The van der Waals surface area contributed by atoms with Crippen LogP contribution in [0.2, 0.25) is 5.02 Å². The molecule has 0 aliphatic carbocycles. The molecule has 150 valence electrons. The van der Waals surface area contributed by atoms with Crippen molar-refractivity contribution in [2.45, 2.75) is 18.8 Å². The van der Waals surface area contributed by atoms with Crippen molar-refractivity contribution in [1.29, 1.82) is 0 Å². The number of aliphatic carboxylic acids is 1. The van der Waals surface area contributed by atoms with Gasteiger partial charge in [0.2, 0.25) is 5.89 Å². The van der Waals surface area contributed by atoms with Crippen LogP contribution in [0.1, 0.15) is 17.0 Å². The summed E-state index contributed by atoms with van der Waals surface area (Å²) in [6.07, 6.45) is 1.45. The average molecular weight is 433 g/mol. The lowest BCUT2D eigenvalue weighted by atomic mass is 10.2. The molecule has 29 heavy (non-hydrogen) atoms. The van der Waals surface area contributed by atoms with E-state index in [4.69, 9.17) is 25.5 Å². The van der Waals surface area contributed by atoms with Gasteiger partial charge < -0.3 is 19.0 Å². The summed E-state index contributed by atoms with van der Waals surface area (Å²) in [5.74, 6) is -0.0116. The van der Waals surface area contributed by atoms with Gasteiger partial charge >= 0.3 is 5.97 Å². The maximum Gasteiger partial charge on any atom is 0.342 e. The molecule has 0 bridgehead atoms. The van der Waals surface area contributed by atoms with E-state index in [1.54, 1.807) is 19.1 Å². The van der Waals surface area contributed by atoms with E-state index in [0.717, 1.165) is 17.3 Å². The second-order valence-corrected chi connectivity index (χ2v) is 7.21. The summed E-state index contributed by atoms with van der Waals surface area (Å²) < 4.78 is 16.4. The second kappa shape index (κ2) is 9.49. The number of hydrogen-bond donors (Lipinski definition) is 1. The van der Waals surface area contributed by atoms with E-state index in [0.29, 0.717) is 34.6 Å². The van der Waals surface area contributed by atoms with Gasteiger partial charge in [-0.3, -0.25) is 0 Å². The number of carbonyl (C=O) groups is 1. The van der Waals surface area contributed by atoms with Crippen LogP contribution in [0.4, 0.5) is 0 Å². The number of rotatable bonds is 8. The van der Waals surface area contributed by atoms with Crippen LogP contribution in [0.5, 0.6) is 11.5 Å². The van der Waals surface area contributed by atoms with Crippen LogP contribution in [0.25, 0.3) is 6.08 Å². The standard InChI is InChI=1S/C20H17ClN2O5S/c1-12-22-23-20(28-12)29-17(19(24)25)10-14-8-15(21)18(16(9-14)26-2)27-11-13-6-4-3-5-7-13/h3-10H,11H2,1-2H3,(H,24,25)/b17-10-. The van der Waals surface area contributed by atoms with Crippen molar-refractivity contribution in [2.75, 3.05) is 7.11 Å². The number of aromatic nitrogens is 2. The van der Waals surface area contributed by atoms with Crippen LogP contribution >= 0.6 is 23.4 Å². The molecule has 0 unspecified atom stereocenters. The fourth-order valence-corrected chi connectivity index (χ4v) is 3.38. The van der Waals surface area contributed by atoms with Crippen LogP contribution in [0.3, 0.4) is 0 Å². The molecule has 0 aliphatic rings. The molecule has 0 fully saturated rings. The van der Waals surface area contributed by atoms with E-state index in [2.05, 4.69) is 10.2 Å². The van der Waals surface area contributed by atoms with Gasteiger partial charge in [0, 0.05) is 6.92 Å². The SMILES string of the molecule is COc1cc(/C=C(\Sc2nnc(C)o2)C(=O)O)cc(Cl)c1OCc1ccccc1. The highest BCUT2D eigenvalue weighted by atomic mass is 35.5. The predicted octanol–water partition coefficient (Wildman–Crippen LogP) is 4.84. The van der Waals surface area contributed by atoms with E-state index in [-0.39, 0.29) is 10.1 Å². The molecule has 1 heterocycles. The third kappa shape index (κ3) is 5.52. The number of carboxylic acids is 1. The number of thioether (sulfide) groups is 1. The normalized spacial score (nSPS) is 11.3. The molecule has 0 amide bonds. The Bertz CT molecular complexity index is 1040. The zero-order valence-corrected chi connectivity index (χ0v) is 17.2. The Balaban J connectivity index is 1.86. The van der Waals surface area contributed by atoms with Crippen molar-refractivity contribution in [3.63, 3.8) is 0 Å². The number of hydrogen-bond acceptors (Lipinski definition) is 7. The molecule has 0 atom stereocenters. The van der Waals surface area contributed by atoms with Gasteiger partial charge in [-0.15, -0.1) is 10.2 Å². The Labute approximate surface area is 176 Å². The minimum absolute atomic E-state index is 0.00952. The van der Waals surface area contributed by atoms with Crippen molar-refractivity contribution in [1.82, 2.24) is 10.2 Å². The Morgan fingerprint density at radius 1 is 1.28 bits per heavy atom. The first-order valence-corrected chi connectivity index (χ1v) is 9.63. The maximum absolute atomic E-state index is 11.6. The summed E-state index contributed by atoms with van der Waals surface area (Å²) in [4.78, 5) is 11.6. The molecule has 1 N–H and O–H groups in total. The molecule has 0 saturated carbocycles. The highest BCUT2D eigenvalue weighted by Crippen LogP contribution is 2.38. The minimum Gasteiger partial charge on any atom is -0.493 e. The zero-order valence-electron chi connectivity index (χ0n) is 15.6. The van der Waals surface area contributed by atoms with Crippen molar-refractivity contribution >= 4 is 35.4 Å². The Hall–Kier alpha value is -2.97. The lowest BCUT2D eigenvalue weighted by molar-refractivity contribution is -0.131. The molecule has 0 saturated heterocycles. The molecular formula is C20H17ClN2O5S. The number of nitrogens with zero attached hydrogens (tertiary/aromatic N) is 2. The summed E-state index contributed by atoms with van der Waals surface area (Å²) in [5, 5.41) is 17.4. The van der Waals surface area contributed by atoms with Crippen LogP contribution in [-0.2, 0) is 11.4 Å². The highest BCUT2D eigenvalue weighted by Gasteiger charge is 2.17. The monoisotopic (exact) mass is 432 g/mol. The summed E-state index contributed by atoms with van der Waals surface area (Å²) in [7, 11) is 1.49. The average Bonchev–Trinajstić information content (AvgIpc) is 3.11. The number of halogens is 1. The summed E-state index contributed by atoms with van der Waals surface area (Å²) in [6.45, 7) is 1.94. The van der Waals surface area contributed by atoms with E-state index >= 15 is 0 Å². The van der Waals surface area contributed by atoms with Gasteiger partial charge in [-0.1, -0.05) is 41.9 Å². The van der Waals surface area contributed by atoms with Gasteiger partial charge in [-0.2, -0.15) is 0 Å². The Kier molecular flexibility index (Phi) is 6.79. The number of benzene rings is 2. The fourth-order valence-electron chi connectivity index (χ4n) is 2.39. The van der Waals surface area contributed by atoms with E-state index in [9.17, 15) is 9.90 Å². The van der Waals surface area contributed by atoms with Crippen molar-refractivity contribution in [2.24, 2.45) is 0 Å². The quantitative estimate of drug-likeness (QED) is 0.399. The number of ether oxygens (including phenoxy) is 2. The topological polar surface area (TPSA) is 94.7 Å². The molecule has 3 rings (SSSR count). The summed E-state index contributed by atoms with van der Waals surface area (Å²) in [6, 6.07) is 12.9. The molecule has 0 radical (unpaired) electrons. The number of methoxy groups -OCH3 is 1. The van der Waals surface area contributed by atoms with Gasteiger partial charge in [-0.25, -0.2) is 4.79 Å². The van der Waals surface area contributed by atoms with Gasteiger partial charge in [-0.05, 0) is 41.1 Å². The van der Waals surface area contributed by atoms with Gasteiger partial charge in [0.05, 0.1) is 12.1 Å². The lowest BCUT2D eigenvalue weighted by Gasteiger charge is -2.13. The summed E-state index contributed by atoms with van der Waals surface area (Å²) in [5.41, 5.74) is 1.51. The first-order chi connectivity index (χ1) is 14.0. The van der Waals surface area contributed by atoms with Crippen LogP contribution < -0.4 is 9.47 Å². The third-order valence-electron chi connectivity index (χ3n) is 3.69. The van der Waals surface area contributed by atoms with Gasteiger partial charge in [0.15, 0.2) is 11.5 Å². The molecule has 2 aromatic carbocycles. The molecular weight excluding hydrogens is 416 g/mol. The van der Waals surface area contributed by atoms with Crippen LogP contribution in [-0.4, -0.2) is 28.4 Å². The summed E-state index contributed by atoms with van der Waals surface area (Å²) >= 11 is 7.23. The van der Waals surface area contributed by atoms with E-state index in [1.807, 2.05) is 30.3 Å². The van der Waals surface area contributed by atoms with Crippen molar-refractivity contribution in [3.8, 4) is 11.5 Å². The first-order valence-electron chi connectivity index (χ1n) is 8.43. The van der Waals surface area contributed by atoms with Gasteiger partial charge in [0.25, 0.3) is 5.22 Å². The predicted molar refractivity (Wildman–Crippen MR) is 109 cm³/mol. The molecule has 7 nitrogen and oxygen atoms in total. The maximum atomic E-state index is 11.6. The third-order valence-corrected chi connectivity index (χ3v) is 4.82. The number of carboxylic acid groups (broad SMARTS) is 1. The second-order valence-electron chi connectivity index (χ2n) is 5.81. The van der Waals surface area contributed by atoms with Crippen LogP contribution in [0.15, 0.2) is 57.0 Å². The largest absolute Gasteiger partial charge is 0.493 e. The van der Waals surface area contributed by atoms with Crippen molar-refractivity contribution in [3.05, 3.63) is 69.4 Å². The van der Waals surface area contributed by atoms with Crippen LogP contribution in [0, 0.1) is 6.92 Å². The molecule has 1 aromatic heterocycles. The Morgan fingerprint density at radius 3 is 2.66 bits per heavy atom. The minimum atomic E-state index is -1.13. The molecule has 3 aromatic rings. The number of aryl methyl sites for hydroxylation is 1. The first kappa shape index (κ1) is 20.8. The lowest BCUT2D eigenvalue weighted by Crippen LogP contribution is -2.00. The fraction of sp³-hybridized carbons (Fsp3) is 0.150. The molecule has 9 heteroatoms. The van der Waals surface area contributed by atoms with Crippen molar-refractivity contribution < 1.29 is 23.8 Å². The Morgan fingerprint density at radius 2 is 2.03 bits per heavy atom. The molecule has 0 spiro atoms. The smallest absolute Gasteiger partial charge is 0.342 e. The highest BCUT2D eigenvalue weighted by molar-refractivity contribution is 8.03. The van der Waals surface area contributed by atoms with Gasteiger partial charge in [0.1, 0.15) is 11.5 Å².